The minimum atomic E-state index is -0.492. The molecule has 0 aliphatic carbocycles. The highest BCUT2D eigenvalue weighted by Crippen LogP contribution is 2.32. The maximum absolute atomic E-state index is 12.7. The Balaban J connectivity index is 2.17. The van der Waals surface area contributed by atoms with Gasteiger partial charge in [-0.3, -0.25) is 14.5 Å². The van der Waals surface area contributed by atoms with Gasteiger partial charge in [0, 0.05) is 29.6 Å². The third-order valence-corrected chi connectivity index (χ3v) is 4.17. The molecule has 0 unspecified atom stereocenters. The van der Waals surface area contributed by atoms with E-state index >= 15 is 0 Å². The van der Waals surface area contributed by atoms with E-state index in [0.717, 1.165) is 0 Å². The molecule has 0 radical (unpaired) electrons. The molecule has 1 aliphatic heterocycles. The minimum Gasteiger partial charge on any atom is -0.465 e. The first kappa shape index (κ1) is 16.1. The molecule has 2 amide bonds. The number of imide groups is 1. The summed E-state index contributed by atoms with van der Waals surface area (Å²) in [6.07, 6.45) is 0. The van der Waals surface area contributed by atoms with Crippen LogP contribution in [0.15, 0.2) is 30.3 Å². The summed E-state index contributed by atoms with van der Waals surface area (Å²) in [6.45, 7) is 0.905. The van der Waals surface area contributed by atoms with E-state index in [1.165, 1.54) is 12.0 Å². The van der Waals surface area contributed by atoms with Crippen LogP contribution < -0.4 is 0 Å². The van der Waals surface area contributed by atoms with Gasteiger partial charge in [0.25, 0.3) is 11.8 Å². The van der Waals surface area contributed by atoms with Crippen molar-refractivity contribution >= 4 is 28.6 Å². The number of ether oxygens (including phenoxy) is 1. The normalized spacial score (nSPS) is 13.8. The van der Waals surface area contributed by atoms with Crippen LogP contribution in [-0.2, 0) is 4.74 Å². The molecule has 0 aromatic heterocycles. The van der Waals surface area contributed by atoms with E-state index in [9.17, 15) is 14.4 Å². The topological polar surface area (TPSA) is 66.9 Å². The van der Waals surface area contributed by atoms with Crippen LogP contribution in [0.2, 0.25) is 0 Å². The average molecular weight is 326 g/mol. The Labute approximate surface area is 139 Å². The second kappa shape index (κ2) is 6.05. The number of amides is 2. The van der Waals surface area contributed by atoms with E-state index in [1.54, 1.807) is 30.3 Å². The van der Waals surface area contributed by atoms with Crippen molar-refractivity contribution in [1.82, 2.24) is 9.80 Å². The summed E-state index contributed by atoms with van der Waals surface area (Å²) < 4.78 is 4.79. The Morgan fingerprint density at radius 2 is 1.75 bits per heavy atom. The third kappa shape index (κ3) is 2.45. The molecule has 0 saturated carbocycles. The maximum atomic E-state index is 12.7. The molecule has 0 N–H and O–H groups in total. The molecule has 24 heavy (non-hydrogen) atoms. The van der Waals surface area contributed by atoms with Crippen LogP contribution in [-0.4, -0.2) is 61.9 Å². The van der Waals surface area contributed by atoms with Gasteiger partial charge in [0.2, 0.25) is 0 Å². The van der Waals surface area contributed by atoms with E-state index < -0.39 is 5.97 Å². The van der Waals surface area contributed by atoms with E-state index in [4.69, 9.17) is 4.74 Å². The van der Waals surface area contributed by atoms with Gasteiger partial charge in [-0.2, -0.15) is 0 Å². The van der Waals surface area contributed by atoms with Gasteiger partial charge in [-0.05, 0) is 37.7 Å². The van der Waals surface area contributed by atoms with Crippen molar-refractivity contribution < 1.29 is 19.1 Å². The summed E-state index contributed by atoms with van der Waals surface area (Å²) >= 11 is 0. The summed E-state index contributed by atoms with van der Waals surface area (Å²) in [5.41, 5.74) is 1.22. The Morgan fingerprint density at radius 3 is 2.38 bits per heavy atom. The first-order chi connectivity index (χ1) is 11.5. The fourth-order valence-electron chi connectivity index (χ4n) is 2.94. The quantitative estimate of drug-likeness (QED) is 0.633. The summed E-state index contributed by atoms with van der Waals surface area (Å²) in [7, 11) is 5.07. The number of hydrogen-bond donors (Lipinski definition) is 0. The molecule has 0 saturated heterocycles. The molecular weight excluding hydrogens is 308 g/mol. The van der Waals surface area contributed by atoms with Crippen molar-refractivity contribution in [2.45, 2.75) is 0 Å². The van der Waals surface area contributed by atoms with Gasteiger partial charge in [0.05, 0.1) is 12.7 Å². The van der Waals surface area contributed by atoms with Gasteiger partial charge < -0.3 is 9.64 Å². The molecular formula is C18H18N2O4. The maximum Gasteiger partial charge on any atom is 0.338 e. The van der Waals surface area contributed by atoms with Gasteiger partial charge in [0.1, 0.15) is 0 Å². The predicted octanol–water partition coefficient (Wildman–Crippen LogP) is 1.78. The minimum absolute atomic E-state index is 0.319. The van der Waals surface area contributed by atoms with Crippen molar-refractivity contribution in [2.24, 2.45) is 0 Å². The van der Waals surface area contributed by atoms with Crippen molar-refractivity contribution in [3.8, 4) is 0 Å². The summed E-state index contributed by atoms with van der Waals surface area (Å²) in [5, 5.41) is 1.09. The lowest BCUT2D eigenvalue weighted by Gasteiger charge is -2.28. The van der Waals surface area contributed by atoms with Crippen LogP contribution in [0, 0.1) is 0 Å². The average Bonchev–Trinajstić information content (AvgIpc) is 2.58. The number of esters is 1. The fourth-order valence-corrected chi connectivity index (χ4v) is 2.94. The molecule has 6 heteroatoms. The highest BCUT2D eigenvalue weighted by molar-refractivity contribution is 6.27. The first-order valence-corrected chi connectivity index (χ1v) is 7.60. The van der Waals surface area contributed by atoms with Gasteiger partial charge in [0.15, 0.2) is 0 Å². The lowest BCUT2D eigenvalue weighted by molar-refractivity contribution is 0.0586. The zero-order valence-electron chi connectivity index (χ0n) is 13.8. The second-order valence-corrected chi connectivity index (χ2v) is 5.95. The molecule has 0 spiro atoms. The Bertz CT molecular complexity index is 835. The molecule has 1 aliphatic rings. The van der Waals surface area contributed by atoms with Crippen molar-refractivity contribution in [3.05, 3.63) is 47.0 Å². The zero-order chi connectivity index (χ0) is 17.4. The first-order valence-electron chi connectivity index (χ1n) is 7.60. The number of benzene rings is 2. The lowest BCUT2D eigenvalue weighted by atomic mass is 9.91. The highest BCUT2D eigenvalue weighted by atomic mass is 16.5. The summed E-state index contributed by atoms with van der Waals surface area (Å²) in [6, 6.07) is 8.29. The molecule has 6 nitrogen and oxygen atoms in total. The van der Waals surface area contributed by atoms with Crippen LogP contribution in [0.25, 0.3) is 10.8 Å². The van der Waals surface area contributed by atoms with E-state index in [2.05, 4.69) is 0 Å². The number of carbonyl (C=O) groups excluding carboxylic acids is 3. The SMILES string of the molecule is COC(=O)c1ccc2c3c(cccc13)C(=O)N(CCN(C)C)C2=O. The smallest absolute Gasteiger partial charge is 0.338 e. The van der Waals surface area contributed by atoms with Gasteiger partial charge in [-0.15, -0.1) is 0 Å². The molecule has 124 valence electrons. The predicted molar refractivity (Wildman–Crippen MR) is 89.2 cm³/mol. The van der Waals surface area contributed by atoms with Crippen LogP contribution in [0.4, 0.5) is 0 Å². The lowest BCUT2D eigenvalue weighted by Crippen LogP contribution is -2.43. The zero-order valence-corrected chi connectivity index (χ0v) is 13.8. The van der Waals surface area contributed by atoms with Crippen LogP contribution >= 0.6 is 0 Å². The largest absolute Gasteiger partial charge is 0.465 e. The molecule has 0 fully saturated rings. The van der Waals surface area contributed by atoms with Gasteiger partial charge >= 0.3 is 5.97 Å². The summed E-state index contributed by atoms with van der Waals surface area (Å²) in [5.74, 6) is -1.16. The number of rotatable bonds is 4. The van der Waals surface area contributed by atoms with Crippen molar-refractivity contribution in [2.75, 3.05) is 34.3 Å². The van der Waals surface area contributed by atoms with E-state index in [-0.39, 0.29) is 11.8 Å². The number of likely N-dealkylation sites (N-methyl/N-ethyl adjacent to an activating group) is 1. The Morgan fingerprint density at radius 1 is 1.08 bits per heavy atom. The second-order valence-electron chi connectivity index (χ2n) is 5.95. The monoisotopic (exact) mass is 326 g/mol. The van der Waals surface area contributed by atoms with Gasteiger partial charge in [-0.1, -0.05) is 12.1 Å². The number of hydrogen-bond acceptors (Lipinski definition) is 5. The molecule has 1 heterocycles. The Kier molecular flexibility index (Phi) is 4.07. The Hall–Kier alpha value is -2.73. The third-order valence-electron chi connectivity index (χ3n) is 4.17. The summed E-state index contributed by atoms with van der Waals surface area (Å²) in [4.78, 5) is 40.6. The number of nitrogens with zero attached hydrogens (tertiary/aromatic N) is 2. The fraction of sp³-hybridized carbons (Fsp3) is 0.278. The molecule has 0 bridgehead atoms. The van der Waals surface area contributed by atoms with Crippen LogP contribution in [0.3, 0.4) is 0 Å². The molecule has 0 atom stereocenters. The van der Waals surface area contributed by atoms with Crippen molar-refractivity contribution in [3.63, 3.8) is 0 Å². The van der Waals surface area contributed by atoms with E-state index in [1.807, 2.05) is 19.0 Å². The van der Waals surface area contributed by atoms with Crippen molar-refractivity contribution in [1.29, 1.82) is 0 Å². The number of carbonyl (C=O) groups is 3. The highest BCUT2D eigenvalue weighted by Gasteiger charge is 2.33. The number of methoxy groups -OCH3 is 1. The molecule has 3 rings (SSSR count). The van der Waals surface area contributed by atoms with Gasteiger partial charge in [-0.25, -0.2) is 4.79 Å². The molecule has 2 aromatic carbocycles. The van der Waals surface area contributed by atoms with Crippen LogP contribution in [0.1, 0.15) is 31.1 Å². The standard InChI is InChI=1S/C18H18N2O4/c1-19(2)9-10-20-16(21)13-6-4-5-11-12(18(23)24-3)7-8-14(15(11)13)17(20)22/h4-8H,9-10H2,1-3H3. The van der Waals surface area contributed by atoms with Crippen LogP contribution in [0.5, 0.6) is 0 Å². The van der Waals surface area contributed by atoms with E-state index in [0.29, 0.717) is 40.6 Å². The molecule has 2 aromatic rings.